The number of benzene rings is 1. The number of fused-ring (bicyclic) bond motifs is 1. The van der Waals surface area contributed by atoms with Crippen LogP contribution in [-0.2, 0) is 0 Å². The molecular formula is C15H12N6O2. The Balaban J connectivity index is 1.90. The summed E-state index contributed by atoms with van der Waals surface area (Å²) in [7, 11) is 0. The van der Waals surface area contributed by atoms with E-state index in [0.29, 0.717) is 11.0 Å². The second-order valence-electron chi connectivity index (χ2n) is 4.79. The highest BCUT2D eigenvalue weighted by Crippen LogP contribution is 2.20. The predicted octanol–water partition coefficient (Wildman–Crippen LogP) is 2.27. The van der Waals surface area contributed by atoms with Gasteiger partial charge in [-0.25, -0.2) is 4.98 Å². The van der Waals surface area contributed by atoms with Crippen LogP contribution in [0.2, 0.25) is 0 Å². The first-order valence-electron chi connectivity index (χ1n) is 6.64. The minimum Gasteiger partial charge on any atom is -0.383 e. The van der Waals surface area contributed by atoms with Crippen LogP contribution in [0.25, 0.3) is 23.2 Å². The minimum atomic E-state index is -0.435. The van der Waals surface area contributed by atoms with E-state index in [1.54, 1.807) is 24.4 Å². The van der Waals surface area contributed by atoms with Crippen LogP contribution < -0.4 is 11.5 Å². The number of hydrogen-bond donors (Lipinski definition) is 2. The average Bonchev–Trinajstić information content (AvgIpc) is 2.53. The molecule has 0 spiro atoms. The molecule has 1 aromatic carbocycles. The van der Waals surface area contributed by atoms with Gasteiger partial charge in [-0.15, -0.1) is 0 Å². The monoisotopic (exact) mass is 308 g/mol. The van der Waals surface area contributed by atoms with Crippen molar-refractivity contribution in [3.8, 4) is 0 Å². The molecule has 0 amide bonds. The third-order valence-electron chi connectivity index (χ3n) is 3.19. The highest BCUT2D eigenvalue weighted by molar-refractivity contribution is 5.88. The number of aromatic nitrogens is 3. The number of anilines is 2. The molecule has 0 saturated carbocycles. The van der Waals surface area contributed by atoms with Crippen LogP contribution >= 0.6 is 0 Å². The third-order valence-corrected chi connectivity index (χ3v) is 3.19. The Labute approximate surface area is 130 Å². The van der Waals surface area contributed by atoms with E-state index in [9.17, 15) is 10.1 Å². The van der Waals surface area contributed by atoms with Crippen LogP contribution in [0.1, 0.15) is 11.1 Å². The van der Waals surface area contributed by atoms with E-state index in [0.717, 1.165) is 11.1 Å². The molecule has 8 nitrogen and oxygen atoms in total. The largest absolute Gasteiger partial charge is 0.383 e. The van der Waals surface area contributed by atoms with Gasteiger partial charge in [-0.1, -0.05) is 12.2 Å². The number of nitrogens with zero attached hydrogens (tertiary/aromatic N) is 4. The maximum Gasteiger partial charge on any atom is 0.269 e. The standard InChI is InChI=1S/C15H12N6O2/c16-13-12-7-10(8-18-14(12)20-15(17)19-13)2-1-9-3-5-11(6-4-9)21(22)23/h1-8H,(H4,16,17,18,19,20). The molecule has 0 fully saturated rings. The molecular weight excluding hydrogens is 296 g/mol. The zero-order valence-corrected chi connectivity index (χ0v) is 11.9. The average molecular weight is 308 g/mol. The summed E-state index contributed by atoms with van der Waals surface area (Å²) in [6, 6.07) is 8.04. The molecule has 2 aromatic heterocycles. The molecule has 4 N–H and O–H groups in total. The maximum atomic E-state index is 10.6. The molecule has 2 heterocycles. The molecule has 0 atom stereocenters. The van der Waals surface area contributed by atoms with Gasteiger partial charge in [-0.3, -0.25) is 10.1 Å². The Morgan fingerprint density at radius 1 is 1.04 bits per heavy atom. The van der Waals surface area contributed by atoms with E-state index in [1.165, 1.54) is 12.1 Å². The SMILES string of the molecule is Nc1nc(N)c2cc(C=Cc3ccc([N+](=O)[O-])cc3)cnc2n1. The van der Waals surface area contributed by atoms with Crippen LogP contribution in [0.3, 0.4) is 0 Å². The quantitative estimate of drug-likeness (QED) is 0.559. The first-order chi connectivity index (χ1) is 11.0. The summed E-state index contributed by atoms with van der Waals surface area (Å²) in [5.41, 5.74) is 13.5. The summed E-state index contributed by atoms with van der Waals surface area (Å²) in [5.74, 6) is 0.349. The number of nitro benzene ring substituents is 1. The van der Waals surface area contributed by atoms with Crippen LogP contribution in [-0.4, -0.2) is 19.9 Å². The first-order valence-corrected chi connectivity index (χ1v) is 6.64. The Morgan fingerprint density at radius 2 is 1.74 bits per heavy atom. The van der Waals surface area contributed by atoms with E-state index in [4.69, 9.17) is 11.5 Å². The number of non-ortho nitro benzene ring substituents is 1. The molecule has 0 unspecified atom stereocenters. The molecule has 3 rings (SSSR count). The van der Waals surface area contributed by atoms with Crippen molar-refractivity contribution < 1.29 is 4.92 Å². The summed E-state index contributed by atoms with van der Waals surface area (Å²) in [6.07, 6.45) is 5.28. The first kappa shape index (κ1) is 14.4. The van der Waals surface area contributed by atoms with Gasteiger partial charge in [0.05, 0.1) is 10.3 Å². The van der Waals surface area contributed by atoms with Crippen molar-refractivity contribution in [3.05, 3.63) is 57.8 Å². The summed E-state index contributed by atoms with van der Waals surface area (Å²) in [6.45, 7) is 0. The van der Waals surface area contributed by atoms with Crippen molar-refractivity contribution >= 4 is 40.6 Å². The van der Waals surface area contributed by atoms with Gasteiger partial charge in [0, 0.05) is 18.3 Å². The van der Waals surface area contributed by atoms with Crippen molar-refractivity contribution in [2.45, 2.75) is 0 Å². The van der Waals surface area contributed by atoms with Crippen LogP contribution in [0, 0.1) is 10.1 Å². The Morgan fingerprint density at radius 3 is 2.43 bits per heavy atom. The number of rotatable bonds is 3. The van der Waals surface area contributed by atoms with Crippen molar-refractivity contribution in [2.24, 2.45) is 0 Å². The number of nitrogen functional groups attached to an aromatic ring is 2. The zero-order valence-electron chi connectivity index (χ0n) is 11.9. The van der Waals surface area contributed by atoms with Gasteiger partial charge >= 0.3 is 0 Å². The van der Waals surface area contributed by atoms with Crippen molar-refractivity contribution in [2.75, 3.05) is 11.5 Å². The second-order valence-corrected chi connectivity index (χ2v) is 4.79. The van der Waals surface area contributed by atoms with Gasteiger partial charge in [-0.2, -0.15) is 9.97 Å². The van der Waals surface area contributed by atoms with E-state index in [1.807, 2.05) is 12.2 Å². The molecule has 0 aliphatic carbocycles. The Kier molecular flexibility index (Phi) is 3.55. The van der Waals surface area contributed by atoms with Gasteiger partial charge in [0.25, 0.3) is 5.69 Å². The smallest absolute Gasteiger partial charge is 0.269 e. The normalized spacial score (nSPS) is 11.1. The minimum absolute atomic E-state index is 0.0528. The van der Waals surface area contributed by atoms with Crippen molar-refractivity contribution in [1.82, 2.24) is 15.0 Å². The summed E-state index contributed by atoms with van der Waals surface area (Å²) >= 11 is 0. The van der Waals surface area contributed by atoms with E-state index >= 15 is 0 Å². The predicted molar refractivity (Wildman–Crippen MR) is 88.2 cm³/mol. The van der Waals surface area contributed by atoms with Gasteiger partial charge in [0.1, 0.15) is 5.82 Å². The molecule has 0 aliphatic rings. The third kappa shape index (κ3) is 3.05. The molecule has 3 aromatic rings. The van der Waals surface area contributed by atoms with Gasteiger partial charge < -0.3 is 11.5 Å². The van der Waals surface area contributed by atoms with Gasteiger partial charge in [0.15, 0.2) is 5.65 Å². The number of nitro groups is 1. The molecule has 0 radical (unpaired) electrons. The van der Waals surface area contributed by atoms with Crippen molar-refractivity contribution in [3.63, 3.8) is 0 Å². The highest BCUT2D eigenvalue weighted by Gasteiger charge is 2.05. The lowest BCUT2D eigenvalue weighted by atomic mass is 10.1. The number of pyridine rings is 1. The van der Waals surface area contributed by atoms with Crippen molar-refractivity contribution in [1.29, 1.82) is 0 Å². The lowest BCUT2D eigenvalue weighted by Crippen LogP contribution is -2.01. The highest BCUT2D eigenvalue weighted by atomic mass is 16.6. The fourth-order valence-corrected chi connectivity index (χ4v) is 2.06. The van der Waals surface area contributed by atoms with Crippen LogP contribution in [0.5, 0.6) is 0 Å². The maximum absolute atomic E-state index is 10.6. The molecule has 0 saturated heterocycles. The summed E-state index contributed by atoms with van der Waals surface area (Å²) in [5, 5.41) is 11.2. The molecule has 8 heteroatoms. The summed E-state index contributed by atoms with van der Waals surface area (Å²) in [4.78, 5) is 22.3. The molecule has 0 aliphatic heterocycles. The summed E-state index contributed by atoms with van der Waals surface area (Å²) < 4.78 is 0. The number of nitrogens with two attached hydrogens (primary N) is 2. The topological polar surface area (TPSA) is 134 Å². The van der Waals surface area contributed by atoms with Crippen LogP contribution in [0.4, 0.5) is 17.5 Å². The Hall–Kier alpha value is -3.55. The van der Waals surface area contributed by atoms with E-state index < -0.39 is 4.92 Å². The second kappa shape index (κ2) is 5.68. The molecule has 23 heavy (non-hydrogen) atoms. The van der Waals surface area contributed by atoms with E-state index in [-0.39, 0.29) is 17.5 Å². The lowest BCUT2D eigenvalue weighted by molar-refractivity contribution is -0.384. The Bertz CT molecular complexity index is 921. The molecule has 0 bridgehead atoms. The lowest BCUT2D eigenvalue weighted by Gasteiger charge is -2.02. The van der Waals surface area contributed by atoms with Gasteiger partial charge in [0.2, 0.25) is 5.95 Å². The number of hydrogen-bond acceptors (Lipinski definition) is 7. The molecule has 114 valence electrons. The fourth-order valence-electron chi connectivity index (χ4n) is 2.06. The van der Waals surface area contributed by atoms with Gasteiger partial charge in [-0.05, 0) is 29.3 Å². The van der Waals surface area contributed by atoms with E-state index in [2.05, 4.69) is 15.0 Å². The zero-order chi connectivity index (χ0) is 16.4. The van der Waals surface area contributed by atoms with Crippen LogP contribution in [0.15, 0.2) is 36.5 Å². The fraction of sp³-hybridized carbons (Fsp3) is 0.